The molecule has 21 heavy (non-hydrogen) atoms. The molecule has 1 aliphatic heterocycles. The average Bonchev–Trinajstić information content (AvgIpc) is 3.04. The number of rotatable bonds is 2. The van der Waals surface area contributed by atoms with Crippen molar-refractivity contribution in [2.24, 2.45) is 17.8 Å². The Balaban J connectivity index is 1.63. The summed E-state index contributed by atoms with van der Waals surface area (Å²) in [5.74, 6) is 3.24. The van der Waals surface area contributed by atoms with E-state index < -0.39 is 6.10 Å². The van der Waals surface area contributed by atoms with Crippen LogP contribution in [0.1, 0.15) is 43.8 Å². The summed E-state index contributed by atoms with van der Waals surface area (Å²) in [6.07, 6.45) is 5.40. The van der Waals surface area contributed by atoms with Crippen LogP contribution in [0.15, 0.2) is 12.1 Å². The zero-order chi connectivity index (χ0) is 14.4. The Morgan fingerprint density at radius 2 is 1.86 bits per heavy atom. The second kappa shape index (κ2) is 5.36. The van der Waals surface area contributed by atoms with Gasteiger partial charge in [0.05, 0.1) is 24.3 Å². The normalized spacial score (nSPS) is 32.0. The van der Waals surface area contributed by atoms with Crippen molar-refractivity contribution >= 4 is 11.6 Å². The van der Waals surface area contributed by atoms with Crippen LogP contribution in [0.3, 0.4) is 0 Å². The lowest BCUT2D eigenvalue weighted by Gasteiger charge is -2.28. The molecule has 114 valence electrons. The number of ether oxygens (including phenoxy) is 2. The molecule has 0 saturated heterocycles. The van der Waals surface area contributed by atoms with Crippen molar-refractivity contribution < 1.29 is 14.6 Å². The maximum atomic E-state index is 10.8. The van der Waals surface area contributed by atoms with Gasteiger partial charge in [-0.05, 0) is 43.1 Å². The van der Waals surface area contributed by atoms with Gasteiger partial charge in [-0.1, -0.05) is 18.0 Å². The van der Waals surface area contributed by atoms with Gasteiger partial charge in [-0.2, -0.15) is 0 Å². The van der Waals surface area contributed by atoms with E-state index in [-0.39, 0.29) is 0 Å². The third-order valence-corrected chi connectivity index (χ3v) is 5.71. The van der Waals surface area contributed by atoms with Crippen LogP contribution < -0.4 is 9.47 Å². The van der Waals surface area contributed by atoms with Crippen molar-refractivity contribution in [2.75, 3.05) is 13.2 Å². The molecule has 0 amide bonds. The van der Waals surface area contributed by atoms with Crippen molar-refractivity contribution in [2.45, 2.75) is 38.2 Å². The second-order valence-corrected chi connectivity index (χ2v) is 7.06. The van der Waals surface area contributed by atoms with Crippen molar-refractivity contribution in [3.63, 3.8) is 0 Å². The van der Waals surface area contributed by atoms with Gasteiger partial charge in [-0.25, -0.2) is 0 Å². The Morgan fingerprint density at radius 1 is 1.10 bits per heavy atom. The van der Waals surface area contributed by atoms with E-state index in [0.717, 1.165) is 24.3 Å². The molecular formula is C17H21ClO3. The molecule has 2 aliphatic carbocycles. The van der Waals surface area contributed by atoms with E-state index >= 15 is 0 Å². The minimum atomic E-state index is -0.482. The molecule has 1 aromatic rings. The highest BCUT2D eigenvalue weighted by molar-refractivity contribution is 6.31. The number of aliphatic hydroxyl groups excluding tert-OH is 1. The summed E-state index contributed by atoms with van der Waals surface area (Å²) in [6, 6.07) is 3.69. The highest BCUT2D eigenvalue weighted by Gasteiger charge is 2.43. The highest BCUT2D eigenvalue weighted by Crippen LogP contribution is 2.53. The predicted molar refractivity (Wildman–Crippen MR) is 81.0 cm³/mol. The molecule has 4 atom stereocenters. The molecule has 4 heteroatoms. The van der Waals surface area contributed by atoms with Gasteiger partial charge in [0, 0.05) is 18.1 Å². The third-order valence-electron chi connectivity index (χ3n) is 5.38. The Kier molecular flexibility index (Phi) is 3.50. The van der Waals surface area contributed by atoms with Crippen LogP contribution in [0.2, 0.25) is 5.02 Å². The smallest absolute Gasteiger partial charge is 0.162 e. The van der Waals surface area contributed by atoms with Crippen molar-refractivity contribution in [3.8, 4) is 11.5 Å². The van der Waals surface area contributed by atoms with Gasteiger partial charge in [-0.3, -0.25) is 0 Å². The largest absolute Gasteiger partial charge is 0.490 e. The van der Waals surface area contributed by atoms with Crippen LogP contribution >= 0.6 is 11.6 Å². The van der Waals surface area contributed by atoms with Crippen molar-refractivity contribution in [1.29, 1.82) is 0 Å². The van der Waals surface area contributed by atoms with Crippen LogP contribution in [0, 0.1) is 17.8 Å². The highest BCUT2D eigenvalue weighted by atomic mass is 35.5. The first-order valence-electron chi connectivity index (χ1n) is 7.99. The molecule has 0 aromatic heterocycles. The first-order valence-corrected chi connectivity index (χ1v) is 8.37. The number of hydrogen-bond acceptors (Lipinski definition) is 3. The van der Waals surface area contributed by atoms with Crippen molar-refractivity contribution in [1.82, 2.24) is 0 Å². The van der Waals surface area contributed by atoms with Gasteiger partial charge < -0.3 is 14.6 Å². The van der Waals surface area contributed by atoms with Crippen LogP contribution in [0.4, 0.5) is 0 Å². The SMILES string of the molecule is OC(c1cc2c(cc1Cl)OCCCO2)C1CC2CCC1C2. The molecule has 0 spiro atoms. The van der Waals surface area contributed by atoms with E-state index in [1.807, 2.05) is 6.07 Å². The molecular weight excluding hydrogens is 288 g/mol. The fourth-order valence-corrected chi connectivity index (χ4v) is 4.60. The summed E-state index contributed by atoms with van der Waals surface area (Å²) < 4.78 is 11.4. The van der Waals surface area contributed by atoms with E-state index in [4.69, 9.17) is 21.1 Å². The van der Waals surface area contributed by atoms with E-state index in [1.54, 1.807) is 6.07 Å². The fourth-order valence-electron chi connectivity index (χ4n) is 4.34. The summed E-state index contributed by atoms with van der Waals surface area (Å²) in [5.41, 5.74) is 0.804. The molecule has 4 unspecified atom stereocenters. The Labute approximate surface area is 130 Å². The first-order chi connectivity index (χ1) is 10.2. The molecule has 3 nitrogen and oxygen atoms in total. The average molecular weight is 309 g/mol. The van der Waals surface area contributed by atoms with E-state index in [2.05, 4.69) is 0 Å². The number of fused-ring (bicyclic) bond motifs is 3. The van der Waals surface area contributed by atoms with E-state index in [0.29, 0.717) is 41.6 Å². The van der Waals surface area contributed by atoms with Gasteiger partial charge in [0.2, 0.25) is 0 Å². The topological polar surface area (TPSA) is 38.7 Å². The lowest BCUT2D eigenvalue weighted by molar-refractivity contribution is 0.0743. The summed E-state index contributed by atoms with van der Waals surface area (Å²) in [6.45, 7) is 1.30. The number of benzene rings is 1. The summed E-state index contributed by atoms with van der Waals surface area (Å²) in [5, 5.41) is 11.4. The maximum absolute atomic E-state index is 10.8. The van der Waals surface area contributed by atoms with Crippen LogP contribution in [0.25, 0.3) is 0 Å². The molecule has 2 fully saturated rings. The third kappa shape index (κ3) is 2.40. The standard InChI is InChI=1S/C17H21ClO3/c18-14-9-16-15(20-4-1-5-21-16)8-13(14)17(19)12-7-10-2-3-11(12)6-10/h8-12,17,19H,1-7H2. The van der Waals surface area contributed by atoms with Gasteiger partial charge >= 0.3 is 0 Å². The van der Waals surface area contributed by atoms with Gasteiger partial charge in [0.15, 0.2) is 11.5 Å². The Hall–Kier alpha value is -0.930. The summed E-state index contributed by atoms with van der Waals surface area (Å²) >= 11 is 6.39. The fraction of sp³-hybridized carbons (Fsp3) is 0.647. The van der Waals surface area contributed by atoms with E-state index in [9.17, 15) is 5.11 Å². The lowest BCUT2D eigenvalue weighted by Crippen LogP contribution is -2.19. The molecule has 1 N–H and O–H groups in total. The maximum Gasteiger partial charge on any atom is 0.162 e. The zero-order valence-corrected chi connectivity index (χ0v) is 12.8. The van der Waals surface area contributed by atoms with Crippen molar-refractivity contribution in [3.05, 3.63) is 22.7 Å². The van der Waals surface area contributed by atoms with E-state index in [1.165, 1.54) is 19.3 Å². The molecule has 2 saturated carbocycles. The quantitative estimate of drug-likeness (QED) is 0.898. The summed E-state index contributed by atoms with van der Waals surface area (Å²) in [4.78, 5) is 0. The minimum Gasteiger partial charge on any atom is -0.490 e. The monoisotopic (exact) mass is 308 g/mol. The molecule has 3 aliphatic rings. The number of aliphatic hydroxyl groups is 1. The Morgan fingerprint density at radius 3 is 2.52 bits per heavy atom. The molecule has 1 aromatic carbocycles. The zero-order valence-electron chi connectivity index (χ0n) is 12.1. The number of hydrogen-bond donors (Lipinski definition) is 1. The second-order valence-electron chi connectivity index (χ2n) is 6.65. The summed E-state index contributed by atoms with van der Waals surface area (Å²) in [7, 11) is 0. The lowest BCUT2D eigenvalue weighted by atomic mass is 9.82. The Bertz CT molecular complexity index is 545. The van der Waals surface area contributed by atoms with Crippen LogP contribution in [-0.2, 0) is 0 Å². The molecule has 2 bridgehead atoms. The van der Waals surface area contributed by atoms with Gasteiger partial charge in [-0.15, -0.1) is 0 Å². The number of halogens is 1. The van der Waals surface area contributed by atoms with Gasteiger partial charge in [0.1, 0.15) is 0 Å². The molecule has 1 heterocycles. The molecule has 4 rings (SSSR count). The molecule has 0 radical (unpaired) electrons. The van der Waals surface area contributed by atoms with Crippen LogP contribution in [0.5, 0.6) is 11.5 Å². The minimum absolute atomic E-state index is 0.353. The van der Waals surface area contributed by atoms with Gasteiger partial charge in [0.25, 0.3) is 0 Å². The predicted octanol–water partition coefficient (Wildman–Crippen LogP) is 3.97. The first kappa shape index (κ1) is 13.7. The van der Waals surface area contributed by atoms with Crippen LogP contribution in [-0.4, -0.2) is 18.3 Å².